The van der Waals surface area contributed by atoms with E-state index in [0.717, 1.165) is 15.7 Å². The van der Waals surface area contributed by atoms with E-state index in [-0.39, 0.29) is 16.0 Å². The Morgan fingerprint density at radius 1 is 1.21 bits per heavy atom. The Bertz CT molecular complexity index is 987. The third kappa shape index (κ3) is 6.21. The number of hydrogen-bond acceptors (Lipinski definition) is 6. The first-order valence-corrected chi connectivity index (χ1v) is 11.2. The molecule has 29 heavy (non-hydrogen) atoms. The summed E-state index contributed by atoms with van der Waals surface area (Å²) in [5.41, 5.74) is 1.46. The average Bonchev–Trinajstić information content (AvgIpc) is 3.16. The van der Waals surface area contributed by atoms with Crippen LogP contribution >= 0.6 is 46.3 Å². The molecule has 0 fully saturated rings. The summed E-state index contributed by atoms with van der Waals surface area (Å²) in [6.07, 6.45) is 4.11. The molecule has 0 aliphatic rings. The van der Waals surface area contributed by atoms with Gasteiger partial charge in [0.15, 0.2) is 10.1 Å². The number of nitrogens with zero attached hydrogens (tertiary/aromatic N) is 2. The van der Waals surface area contributed by atoms with Crippen molar-refractivity contribution in [3.05, 3.63) is 69.7 Å². The Balaban J connectivity index is 1.57. The van der Waals surface area contributed by atoms with Crippen molar-refractivity contribution in [2.75, 3.05) is 17.7 Å². The Labute approximate surface area is 187 Å². The number of hydrogen-bond donors (Lipinski definition) is 1. The van der Waals surface area contributed by atoms with Gasteiger partial charge in [-0.1, -0.05) is 88.8 Å². The van der Waals surface area contributed by atoms with Crippen molar-refractivity contribution < 1.29 is 9.53 Å². The molecule has 0 bridgehead atoms. The van der Waals surface area contributed by atoms with Crippen molar-refractivity contribution in [1.29, 1.82) is 0 Å². The Hall–Kier alpha value is -2.06. The number of halogens is 2. The van der Waals surface area contributed by atoms with Gasteiger partial charge < -0.3 is 4.74 Å². The fourth-order valence-electron chi connectivity index (χ4n) is 2.33. The van der Waals surface area contributed by atoms with Gasteiger partial charge in [0.25, 0.3) is 5.91 Å². The van der Waals surface area contributed by atoms with Gasteiger partial charge in [-0.2, -0.15) is 0 Å². The topological polar surface area (TPSA) is 64.1 Å². The van der Waals surface area contributed by atoms with E-state index in [9.17, 15) is 4.79 Å². The Kier molecular flexibility index (Phi) is 7.94. The number of ether oxygens (including phenoxy) is 1. The van der Waals surface area contributed by atoms with E-state index < -0.39 is 0 Å². The first kappa shape index (κ1) is 21.6. The van der Waals surface area contributed by atoms with Crippen LogP contribution < -0.4 is 10.1 Å². The highest BCUT2D eigenvalue weighted by Crippen LogP contribution is 2.34. The molecule has 5 nitrogen and oxygen atoms in total. The molecule has 0 atom stereocenters. The minimum Gasteiger partial charge on any atom is -0.491 e. The molecule has 1 N–H and O–H groups in total. The molecule has 0 unspecified atom stereocenters. The Morgan fingerprint density at radius 2 is 1.93 bits per heavy atom. The van der Waals surface area contributed by atoms with E-state index in [1.165, 1.54) is 23.5 Å². The van der Waals surface area contributed by atoms with Crippen LogP contribution in [0, 0.1) is 0 Å². The van der Waals surface area contributed by atoms with Gasteiger partial charge >= 0.3 is 0 Å². The summed E-state index contributed by atoms with van der Waals surface area (Å²) < 4.78 is 6.14. The Morgan fingerprint density at radius 3 is 2.62 bits per heavy atom. The number of carbonyl (C=O) groups is 1. The van der Waals surface area contributed by atoms with Gasteiger partial charge in [0.2, 0.25) is 5.13 Å². The summed E-state index contributed by atoms with van der Waals surface area (Å²) in [7, 11) is 0. The molecule has 3 rings (SSSR count). The summed E-state index contributed by atoms with van der Waals surface area (Å²) in [6.45, 7) is 2.26. The molecule has 1 aromatic heterocycles. The zero-order valence-corrected chi connectivity index (χ0v) is 18.5. The molecule has 150 valence electrons. The molecular weight excluding hydrogens is 449 g/mol. The third-order valence-corrected chi connectivity index (χ3v) is 6.08. The van der Waals surface area contributed by atoms with Crippen LogP contribution in [0.4, 0.5) is 5.13 Å². The zero-order chi connectivity index (χ0) is 20.6. The molecule has 9 heteroatoms. The molecular formula is C20H17Cl2N3O2S2. The van der Waals surface area contributed by atoms with Crippen molar-refractivity contribution in [1.82, 2.24) is 10.2 Å². The molecule has 3 aromatic rings. The lowest BCUT2D eigenvalue weighted by atomic mass is 10.2. The van der Waals surface area contributed by atoms with Crippen LogP contribution in [0.15, 0.2) is 52.9 Å². The van der Waals surface area contributed by atoms with Crippen LogP contribution in [0.3, 0.4) is 0 Å². The van der Waals surface area contributed by atoms with Crippen LogP contribution in [0.1, 0.15) is 22.8 Å². The second-order valence-electron chi connectivity index (χ2n) is 5.65. The van der Waals surface area contributed by atoms with E-state index in [1.807, 2.05) is 37.3 Å². The van der Waals surface area contributed by atoms with Gasteiger partial charge in [0, 0.05) is 11.3 Å². The number of rotatable bonds is 8. The van der Waals surface area contributed by atoms with Gasteiger partial charge in [-0.25, -0.2) is 0 Å². The summed E-state index contributed by atoms with van der Waals surface area (Å²) in [5.74, 6) is 0.751. The van der Waals surface area contributed by atoms with E-state index in [1.54, 1.807) is 11.8 Å². The number of nitrogens with one attached hydrogen (secondary N) is 1. The standard InChI is InChI=1S/C20H17Cl2N3O2S2/c1-2-27-17-15(21)11-14(12-16(17)22)18(26)23-19-24-25-20(29-19)28-10-6-9-13-7-4-3-5-8-13/h3-9,11-12H,2,10H2,1H3,(H,23,24,26). The summed E-state index contributed by atoms with van der Waals surface area (Å²) in [5, 5.41) is 11.8. The second kappa shape index (κ2) is 10.6. The summed E-state index contributed by atoms with van der Waals surface area (Å²) in [6, 6.07) is 13.1. The normalized spacial score (nSPS) is 11.0. The molecule has 1 heterocycles. The van der Waals surface area contributed by atoms with Crippen molar-refractivity contribution >= 4 is 63.4 Å². The number of benzene rings is 2. The van der Waals surface area contributed by atoms with Gasteiger partial charge in [-0.05, 0) is 24.6 Å². The number of anilines is 1. The van der Waals surface area contributed by atoms with Crippen molar-refractivity contribution in [2.45, 2.75) is 11.3 Å². The van der Waals surface area contributed by atoms with E-state index >= 15 is 0 Å². The summed E-state index contributed by atoms with van der Waals surface area (Å²) in [4.78, 5) is 12.5. The van der Waals surface area contributed by atoms with Crippen molar-refractivity contribution in [3.63, 3.8) is 0 Å². The van der Waals surface area contributed by atoms with Crippen LogP contribution in [0.2, 0.25) is 10.0 Å². The number of carbonyl (C=O) groups excluding carboxylic acids is 1. The molecule has 0 radical (unpaired) electrons. The first-order chi connectivity index (χ1) is 14.1. The quantitative estimate of drug-likeness (QED) is 0.312. The van der Waals surface area contributed by atoms with Crippen LogP contribution in [0.5, 0.6) is 5.75 Å². The minimum atomic E-state index is -0.367. The lowest BCUT2D eigenvalue weighted by Gasteiger charge is -2.09. The number of thioether (sulfide) groups is 1. The second-order valence-corrected chi connectivity index (χ2v) is 8.71. The van der Waals surface area contributed by atoms with Crippen LogP contribution in [-0.2, 0) is 0 Å². The fourth-order valence-corrected chi connectivity index (χ4v) is 4.51. The lowest BCUT2D eigenvalue weighted by Crippen LogP contribution is -2.12. The molecule has 0 aliphatic carbocycles. The lowest BCUT2D eigenvalue weighted by molar-refractivity contribution is 0.102. The highest BCUT2D eigenvalue weighted by Gasteiger charge is 2.15. The molecule has 0 aliphatic heterocycles. The monoisotopic (exact) mass is 465 g/mol. The van der Waals surface area contributed by atoms with E-state index in [2.05, 4.69) is 27.7 Å². The van der Waals surface area contributed by atoms with Gasteiger partial charge in [-0.3, -0.25) is 10.1 Å². The van der Waals surface area contributed by atoms with Gasteiger partial charge in [0.1, 0.15) is 0 Å². The minimum absolute atomic E-state index is 0.281. The van der Waals surface area contributed by atoms with Crippen molar-refractivity contribution in [2.24, 2.45) is 0 Å². The zero-order valence-electron chi connectivity index (χ0n) is 15.4. The maximum atomic E-state index is 12.5. The smallest absolute Gasteiger partial charge is 0.257 e. The maximum Gasteiger partial charge on any atom is 0.257 e. The number of amides is 1. The van der Waals surface area contributed by atoms with Gasteiger partial charge in [0.05, 0.1) is 16.7 Å². The molecule has 1 amide bonds. The largest absolute Gasteiger partial charge is 0.491 e. The number of aromatic nitrogens is 2. The average molecular weight is 466 g/mol. The molecule has 0 spiro atoms. The van der Waals surface area contributed by atoms with E-state index in [0.29, 0.717) is 23.1 Å². The fraction of sp³-hybridized carbons (Fsp3) is 0.150. The van der Waals surface area contributed by atoms with Crippen molar-refractivity contribution in [3.8, 4) is 5.75 Å². The van der Waals surface area contributed by atoms with Crippen LogP contribution in [-0.4, -0.2) is 28.5 Å². The molecule has 0 saturated heterocycles. The predicted octanol–water partition coefficient (Wildman–Crippen LogP) is 6.30. The highest BCUT2D eigenvalue weighted by molar-refractivity contribution is 8.01. The molecule has 2 aromatic carbocycles. The SMILES string of the molecule is CCOc1c(Cl)cc(C(=O)Nc2nnc(SCC=Cc3ccccc3)s2)cc1Cl. The van der Waals surface area contributed by atoms with Gasteiger partial charge in [-0.15, -0.1) is 10.2 Å². The third-order valence-electron chi connectivity index (χ3n) is 3.59. The molecule has 0 saturated carbocycles. The van der Waals surface area contributed by atoms with E-state index in [4.69, 9.17) is 27.9 Å². The summed E-state index contributed by atoms with van der Waals surface area (Å²) >= 11 is 15.2. The predicted molar refractivity (Wildman–Crippen MR) is 122 cm³/mol. The highest BCUT2D eigenvalue weighted by atomic mass is 35.5. The first-order valence-electron chi connectivity index (χ1n) is 8.68. The van der Waals surface area contributed by atoms with Crippen LogP contribution in [0.25, 0.3) is 6.08 Å². The maximum absolute atomic E-state index is 12.5.